The van der Waals surface area contributed by atoms with Crippen LogP contribution in [-0.2, 0) is 12.1 Å². The summed E-state index contributed by atoms with van der Waals surface area (Å²) in [5.41, 5.74) is -5.99. The number of carbonyl (C=O) groups is 2. The number of amides is 3. The van der Waals surface area contributed by atoms with Crippen LogP contribution >= 0.6 is 0 Å². The first kappa shape index (κ1) is 33.5. The number of aliphatic hydroxyl groups excluding tert-OH is 1. The Kier molecular flexibility index (Phi) is 10.1. The normalized spacial score (nSPS) is 20.3. The SMILES string of the molecule is O=C(Nc1ccc(C(=O)N2CCN(Cc3ccc(C(O)(C(F)(F)F)C(F)(F)F)cc3)CC2)cc1F)N[C@H]1CCCC[C@@H]1CO. The maximum absolute atomic E-state index is 14.8. The summed E-state index contributed by atoms with van der Waals surface area (Å²) in [5.74, 6) is -1.32. The van der Waals surface area contributed by atoms with E-state index in [1.54, 1.807) is 0 Å². The van der Waals surface area contributed by atoms with E-state index in [2.05, 4.69) is 10.6 Å². The Bertz CT molecular complexity index is 1300. The van der Waals surface area contributed by atoms with Gasteiger partial charge >= 0.3 is 18.4 Å². The molecule has 2 aliphatic rings. The Hall–Kier alpha value is -3.43. The molecule has 2 aromatic carbocycles. The molecule has 1 aliphatic carbocycles. The molecule has 0 spiro atoms. The van der Waals surface area contributed by atoms with E-state index < -0.39 is 41.3 Å². The van der Waals surface area contributed by atoms with Crippen LogP contribution in [0.5, 0.6) is 0 Å². The van der Waals surface area contributed by atoms with E-state index in [4.69, 9.17) is 0 Å². The second-order valence-electron chi connectivity index (χ2n) is 11.1. The maximum Gasteiger partial charge on any atom is 0.430 e. The van der Waals surface area contributed by atoms with Gasteiger partial charge in [-0.05, 0) is 36.6 Å². The summed E-state index contributed by atoms with van der Waals surface area (Å²) >= 11 is 0. The smallest absolute Gasteiger partial charge is 0.396 e. The Balaban J connectivity index is 1.30. The van der Waals surface area contributed by atoms with E-state index in [0.29, 0.717) is 37.2 Å². The number of carbonyl (C=O) groups excluding carboxylic acids is 2. The Morgan fingerprint density at radius 1 is 0.886 bits per heavy atom. The monoisotopic (exact) mass is 634 g/mol. The van der Waals surface area contributed by atoms with Gasteiger partial charge in [0.25, 0.3) is 11.5 Å². The number of benzene rings is 2. The van der Waals surface area contributed by atoms with Crippen molar-refractivity contribution in [3.63, 3.8) is 0 Å². The lowest BCUT2D eigenvalue weighted by Gasteiger charge is -2.35. The van der Waals surface area contributed by atoms with Gasteiger partial charge in [0.15, 0.2) is 0 Å². The van der Waals surface area contributed by atoms with Gasteiger partial charge in [0.05, 0.1) is 5.69 Å². The maximum atomic E-state index is 14.8. The molecule has 1 saturated carbocycles. The van der Waals surface area contributed by atoms with E-state index in [1.807, 2.05) is 4.90 Å². The minimum Gasteiger partial charge on any atom is -0.396 e. The molecule has 1 aliphatic heterocycles. The zero-order valence-electron chi connectivity index (χ0n) is 23.5. The number of hydrogen-bond donors (Lipinski definition) is 4. The number of nitrogens with one attached hydrogen (secondary N) is 2. The van der Waals surface area contributed by atoms with Crippen molar-refractivity contribution in [2.45, 2.75) is 56.2 Å². The van der Waals surface area contributed by atoms with Gasteiger partial charge in [0.2, 0.25) is 0 Å². The number of halogens is 7. The van der Waals surface area contributed by atoms with E-state index in [9.17, 15) is 50.5 Å². The highest BCUT2D eigenvalue weighted by atomic mass is 19.4. The number of urea groups is 1. The Labute approximate surface area is 248 Å². The van der Waals surface area contributed by atoms with Crippen LogP contribution in [0.25, 0.3) is 0 Å². The molecule has 4 rings (SSSR count). The van der Waals surface area contributed by atoms with Crippen molar-refractivity contribution in [3.05, 3.63) is 65.0 Å². The summed E-state index contributed by atoms with van der Waals surface area (Å²) in [6, 6.07) is 6.19. The van der Waals surface area contributed by atoms with Crippen LogP contribution in [0.4, 0.5) is 41.2 Å². The molecule has 8 nitrogen and oxygen atoms in total. The Morgan fingerprint density at radius 3 is 2.07 bits per heavy atom. The van der Waals surface area contributed by atoms with Crippen molar-refractivity contribution in [1.82, 2.24) is 15.1 Å². The van der Waals surface area contributed by atoms with E-state index in [-0.39, 0.29) is 49.5 Å². The van der Waals surface area contributed by atoms with E-state index in [0.717, 1.165) is 37.5 Å². The van der Waals surface area contributed by atoms with Crippen LogP contribution in [0.1, 0.15) is 47.2 Å². The van der Waals surface area contributed by atoms with Crippen LogP contribution < -0.4 is 10.6 Å². The number of piperazine rings is 1. The van der Waals surface area contributed by atoms with Crippen LogP contribution in [0.3, 0.4) is 0 Å². The summed E-state index contributed by atoms with van der Waals surface area (Å²) in [4.78, 5) is 28.7. The zero-order chi connectivity index (χ0) is 32.3. The third-order valence-corrected chi connectivity index (χ3v) is 8.18. The van der Waals surface area contributed by atoms with Crippen LogP contribution in [0, 0.1) is 11.7 Å². The lowest BCUT2D eigenvalue weighted by Crippen LogP contribution is -2.53. The molecule has 1 saturated heterocycles. The van der Waals surface area contributed by atoms with Crippen molar-refractivity contribution in [2.75, 3.05) is 38.1 Å². The second-order valence-corrected chi connectivity index (χ2v) is 11.1. The summed E-state index contributed by atoms with van der Waals surface area (Å²) in [7, 11) is 0. The molecule has 2 fully saturated rings. The van der Waals surface area contributed by atoms with Gasteiger partial charge < -0.3 is 25.7 Å². The van der Waals surface area contributed by atoms with Gasteiger partial charge in [-0.15, -0.1) is 0 Å². The standard InChI is InChI=1S/C29H33F7N4O4/c30-22-15-19(7-10-24(22)38-26(43)37-23-4-2-1-3-20(23)17-41)25(42)40-13-11-39(12-14-40)16-18-5-8-21(9-6-18)27(44,28(31,32)33)29(34,35)36/h5-10,15,20,23,41,44H,1-4,11-14,16-17H2,(H2,37,38,43)/t20-,23+/m1/s1. The van der Waals surface area contributed by atoms with Crippen molar-refractivity contribution in [1.29, 1.82) is 0 Å². The van der Waals surface area contributed by atoms with Crippen molar-refractivity contribution in [3.8, 4) is 0 Å². The predicted octanol–water partition coefficient (Wildman–Crippen LogP) is 4.77. The topological polar surface area (TPSA) is 105 Å². The van der Waals surface area contributed by atoms with Crippen molar-refractivity contribution >= 4 is 17.6 Å². The van der Waals surface area contributed by atoms with E-state index >= 15 is 0 Å². The number of alkyl halides is 6. The number of anilines is 1. The quantitative estimate of drug-likeness (QED) is 0.329. The minimum absolute atomic E-state index is 0.0562. The minimum atomic E-state index is -5.97. The highest BCUT2D eigenvalue weighted by Crippen LogP contribution is 2.50. The number of rotatable bonds is 7. The molecule has 0 bridgehead atoms. The lowest BCUT2D eigenvalue weighted by atomic mass is 9.85. The largest absolute Gasteiger partial charge is 0.430 e. The van der Waals surface area contributed by atoms with Gasteiger partial charge in [-0.1, -0.05) is 37.1 Å². The van der Waals surface area contributed by atoms with Crippen LogP contribution in [0.2, 0.25) is 0 Å². The summed E-state index contributed by atoms with van der Waals surface area (Å²) in [5, 5.41) is 24.3. The van der Waals surface area contributed by atoms with Gasteiger partial charge in [0, 0.05) is 62.4 Å². The van der Waals surface area contributed by atoms with Crippen LogP contribution in [-0.4, -0.2) is 83.1 Å². The molecule has 1 heterocycles. The fraction of sp³-hybridized carbons (Fsp3) is 0.517. The average Bonchev–Trinajstić information content (AvgIpc) is 2.97. The number of nitrogens with zero attached hydrogens (tertiary/aromatic N) is 2. The molecule has 44 heavy (non-hydrogen) atoms. The molecule has 4 N–H and O–H groups in total. The molecule has 15 heteroatoms. The molecule has 2 aromatic rings. The number of hydrogen-bond acceptors (Lipinski definition) is 5. The molecule has 242 valence electrons. The number of aliphatic hydroxyl groups is 2. The predicted molar refractivity (Wildman–Crippen MR) is 145 cm³/mol. The van der Waals surface area contributed by atoms with Crippen molar-refractivity contribution in [2.24, 2.45) is 5.92 Å². The van der Waals surface area contributed by atoms with E-state index in [1.165, 1.54) is 17.0 Å². The molecular formula is C29H33F7N4O4. The Morgan fingerprint density at radius 2 is 1.50 bits per heavy atom. The average molecular weight is 635 g/mol. The summed E-state index contributed by atoms with van der Waals surface area (Å²) < 4.78 is 93.5. The third-order valence-electron chi connectivity index (χ3n) is 8.18. The van der Waals surface area contributed by atoms with Crippen LogP contribution in [0.15, 0.2) is 42.5 Å². The highest BCUT2D eigenvalue weighted by molar-refractivity contribution is 5.95. The fourth-order valence-corrected chi connectivity index (χ4v) is 5.58. The lowest BCUT2D eigenvalue weighted by molar-refractivity contribution is -0.376. The van der Waals surface area contributed by atoms with Gasteiger partial charge in [-0.2, -0.15) is 26.3 Å². The van der Waals surface area contributed by atoms with Gasteiger partial charge in [0.1, 0.15) is 5.82 Å². The first-order valence-electron chi connectivity index (χ1n) is 14.1. The highest BCUT2D eigenvalue weighted by Gasteiger charge is 2.71. The van der Waals surface area contributed by atoms with Gasteiger partial charge in [-0.3, -0.25) is 9.69 Å². The third kappa shape index (κ3) is 7.26. The second kappa shape index (κ2) is 13.3. The fourth-order valence-electron chi connectivity index (χ4n) is 5.58. The molecular weight excluding hydrogens is 601 g/mol. The molecule has 0 aromatic heterocycles. The van der Waals surface area contributed by atoms with Crippen molar-refractivity contribution < 1.29 is 50.5 Å². The molecule has 0 radical (unpaired) electrons. The molecule has 2 atom stereocenters. The summed E-state index contributed by atoms with van der Waals surface area (Å²) in [6.07, 6.45) is -8.56. The van der Waals surface area contributed by atoms with Gasteiger partial charge in [-0.25, -0.2) is 9.18 Å². The molecule has 3 amide bonds. The summed E-state index contributed by atoms with van der Waals surface area (Å²) in [6.45, 7) is 1.25. The first-order chi connectivity index (χ1) is 20.6. The first-order valence-corrected chi connectivity index (χ1v) is 14.1. The zero-order valence-corrected chi connectivity index (χ0v) is 23.5. The molecule has 0 unspecified atom stereocenters.